The minimum atomic E-state index is -1.07. The summed E-state index contributed by atoms with van der Waals surface area (Å²) in [6, 6.07) is -1.05. The number of carbonyl (C=O) groups excluding carboxylic acids is 1. The first-order valence-corrected chi connectivity index (χ1v) is 6.03. The molecule has 0 aliphatic heterocycles. The van der Waals surface area contributed by atoms with Gasteiger partial charge < -0.3 is 9.84 Å². The van der Waals surface area contributed by atoms with E-state index in [1.165, 1.54) is 4.90 Å². The number of carboxylic acid groups (broad SMARTS) is 1. The highest BCUT2D eigenvalue weighted by Gasteiger charge is 2.42. The van der Waals surface area contributed by atoms with Crippen molar-refractivity contribution in [1.82, 2.24) is 4.90 Å². The van der Waals surface area contributed by atoms with E-state index in [4.69, 9.17) is 4.74 Å². The number of hydrogen-bond acceptors (Lipinski definition) is 3. The fourth-order valence-corrected chi connectivity index (χ4v) is 1.70. The second-order valence-corrected chi connectivity index (χ2v) is 5.71. The fourth-order valence-electron chi connectivity index (χ4n) is 1.70. The second kappa shape index (κ2) is 5.00. The molecule has 1 atom stereocenters. The Labute approximate surface area is 107 Å². The van der Waals surface area contributed by atoms with Crippen molar-refractivity contribution in [2.24, 2.45) is 0 Å². The quantitative estimate of drug-likeness (QED) is 0.783. The maximum atomic E-state index is 12.1. The lowest BCUT2D eigenvalue weighted by Gasteiger charge is -2.31. The van der Waals surface area contributed by atoms with Gasteiger partial charge in [0.05, 0.1) is 0 Å². The number of amides is 1. The molecule has 0 bridgehead atoms. The van der Waals surface area contributed by atoms with Gasteiger partial charge >= 0.3 is 12.1 Å². The van der Waals surface area contributed by atoms with Gasteiger partial charge in [0, 0.05) is 6.04 Å². The topological polar surface area (TPSA) is 66.8 Å². The average molecular weight is 255 g/mol. The molecule has 1 aliphatic carbocycles. The van der Waals surface area contributed by atoms with Crippen LogP contribution in [0, 0.1) is 0 Å². The van der Waals surface area contributed by atoms with Crippen molar-refractivity contribution in [3.05, 3.63) is 12.2 Å². The Bertz CT molecular complexity index is 352. The molecule has 0 spiro atoms. The zero-order valence-corrected chi connectivity index (χ0v) is 11.4. The van der Waals surface area contributed by atoms with Crippen LogP contribution in [0.5, 0.6) is 0 Å². The highest BCUT2D eigenvalue weighted by molar-refractivity contribution is 5.83. The van der Waals surface area contributed by atoms with E-state index in [0.717, 1.165) is 12.8 Å². The molecule has 5 nitrogen and oxygen atoms in total. The first-order valence-electron chi connectivity index (χ1n) is 6.03. The van der Waals surface area contributed by atoms with Crippen molar-refractivity contribution in [3.8, 4) is 0 Å². The molecule has 1 fully saturated rings. The zero-order valence-electron chi connectivity index (χ0n) is 11.4. The van der Waals surface area contributed by atoms with Crippen molar-refractivity contribution >= 4 is 12.1 Å². The Morgan fingerprint density at radius 3 is 2.17 bits per heavy atom. The molecule has 1 aliphatic rings. The standard InChI is InChI=1S/C13H21NO4/c1-8(2)10(11(15)16)14(9-6-7-9)12(17)18-13(3,4)5/h9-10H,1,6-7H2,2-5H3,(H,15,16). The molecular formula is C13H21NO4. The highest BCUT2D eigenvalue weighted by atomic mass is 16.6. The van der Waals surface area contributed by atoms with Gasteiger partial charge in [0.25, 0.3) is 0 Å². The summed E-state index contributed by atoms with van der Waals surface area (Å²) < 4.78 is 5.26. The molecule has 1 saturated carbocycles. The molecule has 5 heteroatoms. The molecule has 1 rings (SSSR count). The molecule has 1 unspecified atom stereocenters. The van der Waals surface area contributed by atoms with Gasteiger partial charge in [0.15, 0.2) is 6.04 Å². The summed E-state index contributed by atoms with van der Waals surface area (Å²) in [5, 5.41) is 9.23. The van der Waals surface area contributed by atoms with Gasteiger partial charge in [0.1, 0.15) is 5.60 Å². The van der Waals surface area contributed by atoms with Crippen molar-refractivity contribution in [2.45, 2.75) is 58.2 Å². The van der Waals surface area contributed by atoms with Gasteiger partial charge in [-0.3, -0.25) is 4.90 Å². The lowest BCUT2D eigenvalue weighted by molar-refractivity contribution is -0.141. The maximum Gasteiger partial charge on any atom is 0.411 e. The van der Waals surface area contributed by atoms with E-state index < -0.39 is 23.7 Å². The molecule has 102 valence electrons. The normalized spacial score (nSPS) is 16.9. The molecule has 18 heavy (non-hydrogen) atoms. The predicted molar refractivity (Wildman–Crippen MR) is 67.3 cm³/mol. The minimum Gasteiger partial charge on any atom is -0.479 e. The number of ether oxygens (including phenoxy) is 1. The van der Waals surface area contributed by atoms with Crippen LogP contribution in [-0.2, 0) is 9.53 Å². The van der Waals surface area contributed by atoms with Gasteiger partial charge in [0.2, 0.25) is 0 Å². The molecular weight excluding hydrogens is 234 g/mol. The summed E-state index contributed by atoms with van der Waals surface area (Å²) in [5.74, 6) is -1.07. The lowest BCUT2D eigenvalue weighted by Crippen LogP contribution is -2.48. The third-order valence-electron chi connectivity index (χ3n) is 2.52. The number of hydrogen-bond donors (Lipinski definition) is 1. The van der Waals surface area contributed by atoms with Crippen LogP contribution in [0.2, 0.25) is 0 Å². The first-order chi connectivity index (χ1) is 8.13. The monoisotopic (exact) mass is 255 g/mol. The van der Waals surface area contributed by atoms with E-state index in [0.29, 0.717) is 5.57 Å². The molecule has 0 saturated heterocycles. The van der Waals surface area contributed by atoms with Crippen LogP contribution < -0.4 is 0 Å². The van der Waals surface area contributed by atoms with E-state index in [2.05, 4.69) is 6.58 Å². The summed E-state index contributed by atoms with van der Waals surface area (Å²) in [6.07, 6.45) is 1.05. The van der Waals surface area contributed by atoms with Crippen LogP contribution in [-0.4, -0.2) is 39.8 Å². The van der Waals surface area contributed by atoms with Crippen LogP contribution in [0.3, 0.4) is 0 Å². The molecule has 0 aromatic rings. The smallest absolute Gasteiger partial charge is 0.411 e. The van der Waals surface area contributed by atoms with Gasteiger partial charge in [-0.15, -0.1) is 0 Å². The van der Waals surface area contributed by atoms with E-state index >= 15 is 0 Å². The van der Waals surface area contributed by atoms with E-state index in [-0.39, 0.29) is 6.04 Å². The Balaban J connectivity index is 2.91. The van der Waals surface area contributed by atoms with Crippen molar-refractivity contribution in [3.63, 3.8) is 0 Å². The molecule has 0 heterocycles. The van der Waals surface area contributed by atoms with Gasteiger partial charge in [-0.25, -0.2) is 9.59 Å². The summed E-state index contributed by atoms with van der Waals surface area (Å²) >= 11 is 0. The third-order valence-corrected chi connectivity index (χ3v) is 2.52. The van der Waals surface area contributed by atoms with Crippen LogP contribution in [0.25, 0.3) is 0 Å². The Morgan fingerprint density at radius 1 is 1.39 bits per heavy atom. The summed E-state index contributed by atoms with van der Waals surface area (Å²) in [4.78, 5) is 24.7. The zero-order chi connectivity index (χ0) is 14.1. The minimum absolute atomic E-state index is 0.0438. The first kappa shape index (κ1) is 14.5. The summed E-state index contributed by atoms with van der Waals surface area (Å²) in [7, 11) is 0. The Morgan fingerprint density at radius 2 is 1.89 bits per heavy atom. The van der Waals surface area contributed by atoms with E-state index in [9.17, 15) is 14.7 Å². The van der Waals surface area contributed by atoms with Crippen LogP contribution in [0.1, 0.15) is 40.5 Å². The average Bonchev–Trinajstić information content (AvgIpc) is 2.92. The lowest BCUT2D eigenvalue weighted by atomic mass is 10.1. The number of nitrogens with zero attached hydrogens (tertiary/aromatic N) is 1. The largest absolute Gasteiger partial charge is 0.479 e. The van der Waals surface area contributed by atoms with Crippen LogP contribution >= 0.6 is 0 Å². The molecule has 1 amide bonds. The number of carbonyl (C=O) groups is 2. The molecule has 0 aromatic heterocycles. The Kier molecular flexibility index (Phi) is 4.04. The maximum absolute atomic E-state index is 12.1. The highest BCUT2D eigenvalue weighted by Crippen LogP contribution is 2.32. The molecule has 1 N–H and O–H groups in total. The van der Waals surface area contributed by atoms with Gasteiger partial charge in [-0.2, -0.15) is 0 Å². The fraction of sp³-hybridized carbons (Fsp3) is 0.692. The van der Waals surface area contributed by atoms with Gasteiger partial charge in [-0.1, -0.05) is 6.58 Å². The Hall–Kier alpha value is -1.52. The number of carboxylic acids is 1. The SMILES string of the molecule is C=C(C)C(C(=O)O)N(C(=O)OC(C)(C)C)C1CC1. The number of rotatable bonds is 4. The predicted octanol–water partition coefficient (Wildman–Crippen LogP) is 2.42. The van der Waals surface area contributed by atoms with E-state index in [1.54, 1.807) is 27.7 Å². The van der Waals surface area contributed by atoms with Crippen molar-refractivity contribution < 1.29 is 19.4 Å². The van der Waals surface area contributed by atoms with Crippen molar-refractivity contribution in [1.29, 1.82) is 0 Å². The molecule has 0 aromatic carbocycles. The van der Waals surface area contributed by atoms with Crippen LogP contribution in [0.15, 0.2) is 12.2 Å². The summed E-state index contributed by atoms with van der Waals surface area (Å²) in [6.45, 7) is 10.5. The molecule has 0 radical (unpaired) electrons. The van der Waals surface area contributed by atoms with Crippen LogP contribution in [0.4, 0.5) is 4.79 Å². The van der Waals surface area contributed by atoms with Crippen molar-refractivity contribution in [2.75, 3.05) is 0 Å². The third kappa shape index (κ3) is 3.75. The van der Waals surface area contributed by atoms with E-state index in [1.807, 2.05) is 0 Å². The second-order valence-electron chi connectivity index (χ2n) is 5.71. The number of aliphatic carboxylic acids is 1. The summed E-state index contributed by atoms with van der Waals surface area (Å²) in [5.41, 5.74) is -0.206. The van der Waals surface area contributed by atoms with Gasteiger partial charge in [-0.05, 0) is 46.1 Å².